The summed E-state index contributed by atoms with van der Waals surface area (Å²) < 4.78 is 0. The Balaban J connectivity index is 1.55. The third-order valence-corrected chi connectivity index (χ3v) is 5.34. The Morgan fingerprint density at radius 2 is 2.04 bits per heavy atom. The summed E-state index contributed by atoms with van der Waals surface area (Å²) in [4.78, 5) is 28.4. The number of carbonyl (C=O) groups excluding carboxylic acids is 2. The van der Waals surface area contributed by atoms with Gasteiger partial charge in [0.05, 0.1) is 0 Å². The maximum atomic E-state index is 12.4. The van der Waals surface area contributed by atoms with Crippen molar-refractivity contribution in [2.45, 2.75) is 45.6 Å². The van der Waals surface area contributed by atoms with E-state index in [1.165, 1.54) is 5.56 Å². The molecule has 2 aliphatic heterocycles. The highest BCUT2D eigenvalue weighted by Gasteiger charge is 2.38. The average molecular weight is 329 g/mol. The van der Waals surface area contributed by atoms with Crippen LogP contribution in [0, 0.1) is 5.41 Å². The highest BCUT2D eigenvalue weighted by molar-refractivity contribution is 5.96. The molecule has 1 atom stereocenters. The topological polar surface area (TPSA) is 66.6 Å². The highest BCUT2D eigenvalue weighted by atomic mass is 16.2. The van der Waals surface area contributed by atoms with Crippen molar-refractivity contribution in [1.29, 1.82) is 0 Å². The number of fused-ring (bicyclic) bond motifs is 1. The Labute approximate surface area is 143 Å². The van der Waals surface area contributed by atoms with Crippen LogP contribution in [0.3, 0.4) is 0 Å². The maximum Gasteiger partial charge on any atom is 0.227 e. The number of carbonyl (C=O) groups is 2. The van der Waals surface area contributed by atoms with Gasteiger partial charge in [0.1, 0.15) is 0 Å². The number of aryl methyl sites for hydroxylation is 1. The Morgan fingerprint density at radius 1 is 1.29 bits per heavy atom. The number of para-hydroxylation sites is 1. The van der Waals surface area contributed by atoms with Gasteiger partial charge in [0.15, 0.2) is 0 Å². The van der Waals surface area contributed by atoms with Crippen LogP contribution in [0.4, 0.5) is 5.69 Å². The largest absolute Gasteiger partial charge is 0.341 e. The molecule has 1 saturated heterocycles. The average Bonchev–Trinajstić information content (AvgIpc) is 2.83. The lowest BCUT2D eigenvalue weighted by molar-refractivity contribution is -0.130. The van der Waals surface area contributed by atoms with E-state index in [0.717, 1.165) is 18.7 Å². The van der Waals surface area contributed by atoms with Crippen LogP contribution in [-0.2, 0) is 16.0 Å². The summed E-state index contributed by atoms with van der Waals surface area (Å²) in [5, 5.41) is 0. The van der Waals surface area contributed by atoms with E-state index in [1.54, 1.807) is 0 Å². The van der Waals surface area contributed by atoms with Crippen molar-refractivity contribution in [3.63, 3.8) is 0 Å². The first kappa shape index (κ1) is 17.0. The minimum absolute atomic E-state index is 0.0164. The van der Waals surface area contributed by atoms with Crippen LogP contribution in [0.5, 0.6) is 0 Å². The second-order valence-corrected chi connectivity index (χ2v) is 7.65. The van der Waals surface area contributed by atoms with Gasteiger partial charge in [0, 0.05) is 44.2 Å². The summed E-state index contributed by atoms with van der Waals surface area (Å²) in [6, 6.07) is 8.08. The van der Waals surface area contributed by atoms with Crippen molar-refractivity contribution in [2.24, 2.45) is 11.1 Å². The van der Waals surface area contributed by atoms with Gasteiger partial charge >= 0.3 is 0 Å². The molecule has 5 heteroatoms. The molecule has 5 nitrogen and oxygen atoms in total. The fraction of sp³-hybridized carbons (Fsp3) is 0.579. The first-order valence-corrected chi connectivity index (χ1v) is 8.80. The van der Waals surface area contributed by atoms with Crippen molar-refractivity contribution in [1.82, 2.24) is 4.90 Å². The molecule has 1 aromatic rings. The predicted molar refractivity (Wildman–Crippen MR) is 94.7 cm³/mol. The van der Waals surface area contributed by atoms with Gasteiger partial charge in [0.25, 0.3) is 0 Å². The molecule has 0 aromatic heterocycles. The lowest BCUT2D eigenvalue weighted by Gasteiger charge is -2.29. The zero-order valence-electron chi connectivity index (χ0n) is 14.6. The normalized spacial score (nSPS) is 22.6. The van der Waals surface area contributed by atoms with Gasteiger partial charge < -0.3 is 15.5 Å². The van der Waals surface area contributed by atoms with Crippen LogP contribution < -0.4 is 10.6 Å². The van der Waals surface area contributed by atoms with Crippen LogP contribution in [0.15, 0.2) is 24.3 Å². The Hall–Kier alpha value is -1.88. The molecule has 2 heterocycles. The van der Waals surface area contributed by atoms with Crippen LogP contribution in [0.1, 0.15) is 38.7 Å². The molecule has 1 fully saturated rings. The molecule has 0 aliphatic carbocycles. The van der Waals surface area contributed by atoms with Gasteiger partial charge in [-0.1, -0.05) is 32.0 Å². The molecule has 3 rings (SSSR count). The Bertz CT molecular complexity index is 641. The number of rotatable bonds is 4. The van der Waals surface area contributed by atoms with Crippen LogP contribution in [0.2, 0.25) is 0 Å². The monoisotopic (exact) mass is 329 g/mol. The molecule has 1 aromatic carbocycles. The van der Waals surface area contributed by atoms with E-state index in [4.69, 9.17) is 5.73 Å². The molecule has 0 spiro atoms. The van der Waals surface area contributed by atoms with E-state index in [9.17, 15) is 9.59 Å². The summed E-state index contributed by atoms with van der Waals surface area (Å²) in [5.74, 6) is 0.305. The van der Waals surface area contributed by atoms with E-state index in [-0.39, 0.29) is 23.3 Å². The SMILES string of the molecule is CC1(C)CN(C(=O)CCCN2C(=O)CCc3ccccc32)CC1N. The Morgan fingerprint density at radius 3 is 2.75 bits per heavy atom. The molecule has 2 amide bonds. The molecule has 24 heavy (non-hydrogen) atoms. The van der Waals surface area contributed by atoms with Gasteiger partial charge in [-0.3, -0.25) is 9.59 Å². The van der Waals surface area contributed by atoms with Crippen molar-refractivity contribution in [3.05, 3.63) is 29.8 Å². The van der Waals surface area contributed by atoms with E-state index >= 15 is 0 Å². The molecule has 0 radical (unpaired) electrons. The fourth-order valence-electron chi connectivity index (χ4n) is 3.64. The molecule has 2 aliphatic rings. The van der Waals surface area contributed by atoms with Crippen molar-refractivity contribution in [3.8, 4) is 0 Å². The van der Waals surface area contributed by atoms with E-state index in [0.29, 0.717) is 32.4 Å². The molecular weight excluding hydrogens is 302 g/mol. The van der Waals surface area contributed by atoms with Crippen LogP contribution >= 0.6 is 0 Å². The number of benzene rings is 1. The number of likely N-dealkylation sites (tertiary alicyclic amines) is 1. The number of nitrogens with two attached hydrogens (primary N) is 1. The van der Waals surface area contributed by atoms with Gasteiger partial charge in [0.2, 0.25) is 11.8 Å². The third-order valence-electron chi connectivity index (χ3n) is 5.34. The standard InChI is InChI=1S/C19H27N3O2/c1-19(2)13-21(12-16(19)20)17(23)8-5-11-22-15-7-4-3-6-14(15)9-10-18(22)24/h3-4,6-7,16H,5,8-13,20H2,1-2H3. The van der Waals surface area contributed by atoms with E-state index in [2.05, 4.69) is 19.9 Å². The van der Waals surface area contributed by atoms with Crippen molar-refractivity contribution < 1.29 is 9.59 Å². The third kappa shape index (κ3) is 3.31. The molecule has 2 N–H and O–H groups in total. The molecule has 0 bridgehead atoms. The lowest BCUT2D eigenvalue weighted by atomic mass is 9.89. The van der Waals surface area contributed by atoms with E-state index in [1.807, 2.05) is 28.0 Å². The summed E-state index contributed by atoms with van der Waals surface area (Å²) >= 11 is 0. The maximum absolute atomic E-state index is 12.4. The van der Waals surface area contributed by atoms with Gasteiger partial charge in [-0.2, -0.15) is 0 Å². The lowest BCUT2D eigenvalue weighted by Crippen LogP contribution is -2.37. The summed E-state index contributed by atoms with van der Waals surface area (Å²) in [5.41, 5.74) is 8.32. The second kappa shape index (κ2) is 6.55. The number of hydrogen-bond donors (Lipinski definition) is 1. The summed E-state index contributed by atoms with van der Waals surface area (Å²) in [6.45, 7) is 6.17. The molecular formula is C19H27N3O2. The van der Waals surface area contributed by atoms with Gasteiger partial charge in [-0.15, -0.1) is 0 Å². The first-order chi connectivity index (χ1) is 11.4. The number of nitrogens with zero attached hydrogens (tertiary/aromatic N) is 2. The van der Waals surface area contributed by atoms with Crippen molar-refractivity contribution >= 4 is 17.5 Å². The minimum Gasteiger partial charge on any atom is -0.341 e. The second-order valence-electron chi connectivity index (χ2n) is 7.65. The summed E-state index contributed by atoms with van der Waals surface area (Å²) in [7, 11) is 0. The number of hydrogen-bond acceptors (Lipinski definition) is 3. The zero-order valence-corrected chi connectivity index (χ0v) is 14.6. The first-order valence-electron chi connectivity index (χ1n) is 8.80. The molecule has 1 unspecified atom stereocenters. The quantitative estimate of drug-likeness (QED) is 0.918. The van der Waals surface area contributed by atoms with Crippen LogP contribution in [-0.4, -0.2) is 42.4 Å². The van der Waals surface area contributed by atoms with Gasteiger partial charge in [-0.05, 0) is 29.9 Å². The highest BCUT2D eigenvalue weighted by Crippen LogP contribution is 2.29. The van der Waals surface area contributed by atoms with Crippen LogP contribution in [0.25, 0.3) is 0 Å². The van der Waals surface area contributed by atoms with Gasteiger partial charge in [-0.25, -0.2) is 0 Å². The smallest absolute Gasteiger partial charge is 0.227 e. The van der Waals surface area contributed by atoms with Crippen molar-refractivity contribution in [2.75, 3.05) is 24.5 Å². The number of anilines is 1. The minimum atomic E-state index is -0.0164. The summed E-state index contributed by atoms with van der Waals surface area (Å²) in [6.07, 6.45) is 2.52. The fourth-order valence-corrected chi connectivity index (χ4v) is 3.64. The Kier molecular flexibility index (Phi) is 4.63. The molecule has 130 valence electrons. The zero-order chi connectivity index (χ0) is 17.3. The number of amides is 2. The molecule has 0 saturated carbocycles. The predicted octanol–water partition coefficient (Wildman–Crippen LogP) is 1.94. The van der Waals surface area contributed by atoms with E-state index < -0.39 is 0 Å².